The normalized spacial score (nSPS) is 11.1. The van der Waals surface area contributed by atoms with Crippen LogP contribution in [0.3, 0.4) is 0 Å². The molecule has 7 heteroatoms. The van der Waals surface area contributed by atoms with Gasteiger partial charge in [0.15, 0.2) is 5.82 Å². The van der Waals surface area contributed by atoms with Gasteiger partial charge in [-0.3, -0.25) is 9.48 Å². The van der Waals surface area contributed by atoms with Crippen molar-refractivity contribution in [2.75, 3.05) is 7.11 Å². The Morgan fingerprint density at radius 3 is 2.59 bits per heavy atom. The van der Waals surface area contributed by atoms with Crippen LogP contribution in [-0.4, -0.2) is 26.9 Å². The molecule has 0 fully saturated rings. The molecule has 0 spiro atoms. The van der Waals surface area contributed by atoms with Gasteiger partial charge in [-0.2, -0.15) is 9.49 Å². The molecule has 1 N–H and O–H groups in total. The Labute approximate surface area is 154 Å². The van der Waals surface area contributed by atoms with Crippen LogP contribution in [0.4, 0.5) is 4.39 Å². The van der Waals surface area contributed by atoms with Crippen LogP contribution < -0.4 is 10.3 Å². The number of fused-ring (bicyclic) bond motifs is 1. The van der Waals surface area contributed by atoms with Crippen molar-refractivity contribution < 1.29 is 9.13 Å². The molecular weight excluding hydrogens is 347 g/mol. The molecule has 0 saturated heterocycles. The smallest absolute Gasteiger partial charge is 0.287 e. The van der Waals surface area contributed by atoms with Crippen LogP contribution in [0.1, 0.15) is 11.3 Å². The number of rotatable bonds is 4. The predicted octanol–water partition coefficient (Wildman–Crippen LogP) is 3.29. The molecule has 0 bridgehead atoms. The van der Waals surface area contributed by atoms with E-state index in [1.807, 2.05) is 53.2 Å². The van der Waals surface area contributed by atoms with Crippen molar-refractivity contribution in [2.45, 2.75) is 13.5 Å². The van der Waals surface area contributed by atoms with Gasteiger partial charge in [0.2, 0.25) is 5.82 Å². The number of para-hydroxylation sites is 1. The maximum Gasteiger partial charge on any atom is 0.287 e. The minimum Gasteiger partial charge on any atom is -0.497 e. The predicted molar refractivity (Wildman–Crippen MR) is 100 cm³/mol. The van der Waals surface area contributed by atoms with Crippen LogP contribution in [0, 0.1) is 12.7 Å². The minimum atomic E-state index is -0.874. The van der Waals surface area contributed by atoms with E-state index in [9.17, 15) is 9.18 Å². The van der Waals surface area contributed by atoms with Gasteiger partial charge < -0.3 is 9.72 Å². The van der Waals surface area contributed by atoms with Crippen LogP contribution in [0.5, 0.6) is 5.75 Å². The fourth-order valence-corrected chi connectivity index (χ4v) is 3.01. The zero-order valence-corrected chi connectivity index (χ0v) is 14.9. The average Bonchev–Trinajstić information content (AvgIpc) is 3.05. The lowest BCUT2D eigenvalue weighted by Crippen LogP contribution is -2.15. The Bertz CT molecular complexity index is 1180. The van der Waals surface area contributed by atoms with Gasteiger partial charge in [-0.15, -0.1) is 0 Å². The highest BCUT2D eigenvalue weighted by Gasteiger charge is 2.16. The van der Waals surface area contributed by atoms with Crippen molar-refractivity contribution >= 4 is 10.9 Å². The number of methoxy groups -OCH3 is 1. The van der Waals surface area contributed by atoms with Crippen molar-refractivity contribution in [3.8, 4) is 17.3 Å². The summed E-state index contributed by atoms with van der Waals surface area (Å²) >= 11 is 0. The second kappa shape index (κ2) is 6.68. The number of benzene rings is 2. The molecule has 2 heterocycles. The van der Waals surface area contributed by atoms with Crippen molar-refractivity contribution in [1.82, 2.24) is 19.7 Å². The van der Waals surface area contributed by atoms with E-state index < -0.39 is 11.4 Å². The molecule has 0 saturated carbocycles. The second-order valence-electron chi connectivity index (χ2n) is 6.19. The van der Waals surface area contributed by atoms with E-state index >= 15 is 0 Å². The largest absolute Gasteiger partial charge is 0.497 e. The zero-order valence-electron chi connectivity index (χ0n) is 14.9. The third kappa shape index (κ3) is 3.08. The lowest BCUT2D eigenvalue weighted by Gasteiger charge is -2.05. The van der Waals surface area contributed by atoms with Gasteiger partial charge in [0.05, 0.1) is 24.9 Å². The van der Waals surface area contributed by atoms with E-state index in [0.29, 0.717) is 12.2 Å². The van der Waals surface area contributed by atoms with E-state index in [-0.39, 0.29) is 11.5 Å². The van der Waals surface area contributed by atoms with Crippen molar-refractivity contribution in [3.63, 3.8) is 0 Å². The summed E-state index contributed by atoms with van der Waals surface area (Å²) in [5, 5.41) is 5.47. The minimum absolute atomic E-state index is 0.0440. The van der Waals surface area contributed by atoms with Crippen molar-refractivity contribution in [2.24, 2.45) is 0 Å². The first kappa shape index (κ1) is 17.0. The number of aryl methyl sites for hydroxylation is 1. The highest BCUT2D eigenvalue weighted by atomic mass is 19.1. The molecule has 0 aliphatic heterocycles. The summed E-state index contributed by atoms with van der Waals surface area (Å²) in [6.07, 6.45) is 0. The number of hydrogen-bond acceptors (Lipinski definition) is 4. The molecule has 0 atom stereocenters. The SMILES string of the molecule is COc1ccc(Cn2nc(-c3nc(C)c(F)c(=O)[nH]3)c3ccccc32)cc1. The lowest BCUT2D eigenvalue weighted by atomic mass is 10.2. The maximum atomic E-state index is 13.7. The average molecular weight is 364 g/mol. The molecule has 4 rings (SSSR count). The monoisotopic (exact) mass is 364 g/mol. The summed E-state index contributed by atoms with van der Waals surface area (Å²) in [5.41, 5.74) is 1.70. The molecule has 0 aliphatic rings. The van der Waals surface area contributed by atoms with Gasteiger partial charge >= 0.3 is 0 Å². The number of aromatic amines is 1. The van der Waals surface area contributed by atoms with Crippen LogP contribution in [-0.2, 0) is 6.54 Å². The lowest BCUT2D eigenvalue weighted by molar-refractivity contribution is 0.414. The molecule has 27 heavy (non-hydrogen) atoms. The Hall–Kier alpha value is -3.48. The van der Waals surface area contributed by atoms with Crippen LogP contribution in [0.25, 0.3) is 22.4 Å². The summed E-state index contributed by atoms with van der Waals surface area (Å²) in [5.74, 6) is 0.164. The van der Waals surface area contributed by atoms with E-state index in [1.54, 1.807) is 7.11 Å². The first-order chi connectivity index (χ1) is 13.1. The summed E-state index contributed by atoms with van der Waals surface area (Å²) in [7, 11) is 1.63. The van der Waals surface area contributed by atoms with Gasteiger partial charge in [-0.1, -0.05) is 30.3 Å². The van der Waals surface area contributed by atoms with Gasteiger partial charge in [-0.25, -0.2) is 4.98 Å². The molecule has 4 aromatic rings. The summed E-state index contributed by atoms with van der Waals surface area (Å²) in [4.78, 5) is 18.5. The third-order valence-corrected chi connectivity index (χ3v) is 4.40. The maximum absolute atomic E-state index is 13.7. The third-order valence-electron chi connectivity index (χ3n) is 4.40. The van der Waals surface area contributed by atoms with Crippen LogP contribution in [0.2, 0.25) is 0 Å². The number of hydrogen-bond donors (Lipinski definition) is 1. The second-order valence-corrected chi connectivity index (χ2v) is 6.19. The first-order valence-corrected chi connectivity index (χ1v) is 8.42. The van der Waals surface area contributed by atoms with Crippen molar-refractivity contribution in [3.05, 3.63) is 76.0 Å². The Morgan fingerprint density at radius 1 is 1.15 bits per heavy atom. The van der Waals surface area contributed by atoms with Gasteiger partial charge in [0.25, 0.3) is 5.56 Å². The van der Waals surface area contributed by atoms with E-state index in [4.69, 9.17) is 4.74 Å². The van der Waals surface area contributed by atoms with E-state index in [0.717, 1.165) is 22.2 Å². The summed E-state index contributed by atoms with van der Waals surface area (Å²) in [6, 6.07) is 15.4. The number of H-pyrrole nitrogens is 1. The molecule has 0 radical (unpaired) electrons. The molecule has 136 valence electrons. The topological polar surface area (TPSA) is 72.8 Å². The standard InChI is InChI=1S/C20H17FN4O2/c1-12-17(21)20(26)23-19(22-12)18-15-5-3-4-6-16(15)25(24-18)11-13-7-9-14(27-2)10-8-13/h3-10H,11H2,1-2H3,(H,22,23,26). The zero-order chi connectivity index (χ0) is 19.0. The fourth-order valence-electron chi connectivity index (χ4n) is 3.01. The molecular formula is C20H17FN4O2. The summed E-state index contributed by atoms with van der Waals surface area (Å²) in [6.45, 7) is 2.00. The number of halogens is 1. The van der Waals surface area contributed by atoms with Crippen molar-refractivity contribution in [1.29, 1.82) is 0 Å². The molecule has 0 amide bonds. The van der Waals surface area contributed by atoms with Crippen LogP contribution in [0.15, 0.2) is 53.3 Å². The first-order valence-electron chi connectivity index (χ1n) is 8.42. The molecule has 0 unspecified atom stereocenters. The number of ether oxygens (including phenoxy) is 1. The molecule has 0 aliphatic carbocycles. The highest BCUT2D eigenvalue weighted by molar-refractivity contribution is 5.91. The van der Waals surface area contributed by atoms with E-state index in [2.05, 4.69) is 15.1 Å². The van der Waals surface area contributed by atoms with Gasteiger partial charge in [0, 0.05) is 5.39 Å². The van der Waals surface area contributed by atoms with E-state index in [1.165, 1.54) is 6.92 Å². The summed E-state index contributed by atoms with van der Waals surface area (Å²) < 4.78 is 20.7. The highest BCUT2D eigenvalue weighted by Crippen LogP contribution is 2.26. The quantitative estimate of drug-likeness (QED) is 0.603. The Morgan fingerprint density at radius 2 is 1.89 bits per heavy atom. The Balaban J connectivity index is 1.82. The van der Waals surface area contributed by atoms with Gasteiger partial charge in [-0.05, 0) is 30.7 Å². The number of aromatic nitrogens is 4. The number of nitrogens with one attached hydrogen (secondary N) is 1. The molecule has 6 nitrogen and oxygen atoms in total. The molecule has 2 aromatic carbocycles. The fraction of sp³-hybridized carbons (Fsp3) is 0.150. The molecule has 2 aromatic heterocycles. The Kier molecular flexibility index (Phi) is 4.19. The van der Waals surface area contributed by atoms with Gasteiger partial charge in [0.1, 0.15) is 11.4 Å². The van der Waals surface area contributed by atoms with Crippen LogP contribution >= 0.6 is 0 Å². The number of nitrogens with zero attached hydrogens (tertiary/aromatic N) is 3.